The summed E-state index contributed by atoms with van der Waals surface area (Å²) in [5.74, 6) is 0. The van der Waals surface area contributed by atoms with Gasteiger partial charge >= 0.3 is 0 Å². The molecule has 2 nitrogen and oxygen atoms in total. The standard InChI is InChI=1S/C12H18ClNOS/c1-8(7-15)16-10-4-5-11(9(2)14-3)12(13)6-10/h4-6,8-9,14-15H,7H2,1-3H3. The van der Waals surface area contributed by atoms with E-state index in [0.717, 1.165) is 15.5 Å². The van der Waals surface area contributed by atoms with Gasteiger partial charge in [-0.15, -0.1) is 11.8 Å². The lowest BCUT2D eigenvalue weighted by molar-refractivity contribution is 0.300. The highest BCUT2D eigenvalue weighted by Crippen LogP contribution is 2.30. The first kappa shape index (κ1) is 13.8. The molecule has 0 aliphatic carbocycles. The Bertz CT molecular complexity index is 346. The van der Waals surface area contributed by atoms with E-state index < -0.39 is 0 Å². The minimum atomic E-state index is 0.178. The molecule has 0 radical (unpaired) electrons. The molecule has 0 saturated carbocycles. The lowest BCUT2D eigenvalue weighted by Gasteiger charge is -2.14. The van der Waals surface area contributed by atoms with Gasteiger partial charge in [-0.3, -0.25) is 0 Å². The van der Waals surface area contributed by atoms with Crippen molar-refractivity contribution in [3.05, 3.63) is 28.8 Å². The van der Waals surface area contributed by atoms with Crippen LogP contribution >= 0.6 is 23.4 Å². The van der Waals surface area contributed by atoms with E-state index in [-0.39, 0.29) is 17.9 Å². The van der Waals surface area contributed by atoms with Crippen molar-refractivity contribution in [3.8, 4) is 0 Å². The first-order valence-electron chi connectivity index (χ1n) is 5.32. The maximum absolute atomic E-state index is 8.98. The van der Waals surface area contributed by atoms with Crippen LogP contribution in [0.5, 0.6) is 0 Å². The molecule has 2 atom stereocenters. The second kappa shape index (κ2) is 6.50. The highest BCUT2D eigenvalue weighted by Gasteiger charge is 2.09. The Labute approximate surface area is 106 Å². The minimum absolute atomic E-state index is 0.178. The first-order chi connectivity index (χ1) is 7.58. The fourth-order valence-corrected chi connectivity index (χ4v) is 2.64. The Balaban J connectivity index is 2.82. The Morgan fingerprint density at radius 3 is 2.62 bits per heavy atom. The highest BCUT2D eigenvalue weighted by atomic mass is 35.5. The van der Waals surface area contributed by atoms with Gasteiger partial charge in [-0.05, 0) is 31.7 Å². The number of aliphatic hydroxyl groups excluding tert-OH is 1. The molecule has 2 N–H and O–H groups in total. The summed E-state index contributed by atoms with van der Waals surface area (Å²) in [5.41, 5.74) is 1.10. The van der Waals surface area contributed by atoms with Crippen LogP contribution in [-0.2, 0) is 0 Å². The summed E-state index contributed by atoms with van der Waals surface area (Å²) in [5, 5.41) is 13.1. The zero-order chi connectivity index (χ0) is 12.1. The summed E-state index contributed by atoms with van der Waals surface area (Å²) >= 11 is 7.84. The summed E-state index contributed by atoms with van der Waals surface area (Å²) in [6.45, 7) is 4.24. The molecule has 0 aromatic heterocycles. The second-order valence-corrected chi connectivity index (χ2v) is 5.72. The molecule has 1 rings (SSSR count). The van der Waals surface area contributed by atoms with Crippen LogP contribution < -0.4 is 5.32 Å². The third-order valence-corrected chi connectivity index (χ3v) is 3.87. The first-order valence-corrected chi connectivity index (χ1v) is 6.58. The van der Waals surface area contributed by atoms with Gasteiger partial charge in [0, 0.05) is 21.2 Å². The number of halogens is 1. The number of rotatable bonds is 5. The van der Waals surface area contributed by atoms with Crippen LogP contribution in [0.4, 0.5) is 0 Å². The second-order valence-electron chi connectivity index (χ2n) is 3.80. The zero-order valence-electron chi connectivity index (χ0n) is 9.83. The van der Waals surface area contributed by atoms with Crippen molar-refractivity contribution in [1.29, 1.82) is 0 Å². The summed E-state index contributed by atoms with van der Waals surface area (Å²) in [7, 11) is 1.91. The van der Waals surface area contributed by atoms with Gasteiger partial charge in [-0.25, -0.2) is 0 Å². The van der Waals surface area contributed by atoms with Gasteiger partial charge in [-0.1, -0.05) is 24.6 Å². The van der Waals surface area contributed by atoms with Crippen molar-refractivity contribution >= 4 is 23.4 Å². The van der Waals surface area contributed by atoms with E-state index in [0.29, 0.717) is 0 Å². The van der Waals surface area contributed by atoms with Crippen LogP contribution in [0.15, 0.2) is 23.1 Å². The van der Waals surface area contributed by atoms with E-state index in [9.17, 15) is 0 Å². The molecule has 16 heavy (non-hydrogen) atoms. The Kier molecular flexibility index (Phi) is 5.62. The van der Waals surface area contributed by atoms with Gasteiger partial charge < -0.3 is 10.4 Å². The Hall–Kier alpha value is -0.220. The Morgan fingerprint density at radius 2 is 2.12 bits per heavy atom. The number of hydrogen-bond acceptors (Lipinski definition) is 3. The lowest BCUT2D eigenvalue weighted by atomic mass is 10.1. The van der Waals surface area contributed by atoms with Crippen LogP contribution in [0.25, 0.3) is 0 Å². The molecule has 0 spiro atoms. The van der Waals surface area contributed by atoms with Gasteiger partial charge in [0.1, 0.15) is 0 Å². The molecule has 1 aromatic carbocycles. The van der Waals surface area contributed by atoms with E-state index >= 15 is 0 Å². The van der Waals surface area contributed by atoms with E-state index in [1.54, 1.807) is 11.8 Å². The fraction of sp³-hybridized carbons (Fsp3) is 0.500. The molecule has 0 heterocycles. The molecule has 2 unspecified atom stereocenters. The SMILES string of the molecule is CNC(C)c1ccc(SC(C)CO)cc1Cl. The average molecular weight is 260 g/mol. The molecule has 0 bridgehead atoms. The topological polar surface area (TPSA) is 32.3 Å². The van der Waals surface area contributed by atoms with E-state index in [4.69, 9.17) is 16.7 Å². The number of nitrogens with one attached hydrogen (secondary N) is 1. The van der Waals surface area contributed by atoms with Crippen molar-refractivity contribution in [2.75, 3.05) is 13.7 Å². The molecule has 90 valence electrons. The van der Waals surface area contributed by atoms with Crippen LogP contribution in [0, 0.1) is 0 Å². The van der Waals surface area contributed by atoms with Gasteiger partial charge in [0.05, 0.1) is 6.61 Å². The fourth-order valence-electron chi connectivity index (χ4n) is 1.36. The van der Waals surface area contributed by atoms with Crippen molar-refractivity contribution in [2.45, 2.75) is 30.0 Å². The normalized spacial score (nSPS) is 14.8. The molecule has 1 aromatic rings. The smallest absolute Gasteiger partial charge is 0.0550 e. The molecular formula is C12H18ClNOS. The maximum atomic E-state index is 8.98. The summed E-state index contributed by atoms with van der Waals surface area (Å²) in [4.78, 5) is 1.10. The third kappa shape index (κ3) is 3.67. The number of thioether (sulfide) groups is 1. The summed E-state index contributed by atoms with van der Waals surface area (Å²) in [6.07, 6.45) is 0. The van der Waals surface area contributed by atoms with Crippen LogP contribution in [0.2, 0.25) is 5.02 Å². The zero-order valence-corrected chi connectivity index (χ0v) is 11.4. The predicted molar refractivity (Wildman–Crippen MR) is 71.3 cm³/mol. The van der Waals surface area contributed by atoms with Gasteiger partial charge in [0.25, 0.3) is 0 Å². The van der Waals surface area contributed by atoms with E-state index in [2.05, 4.69) is 12.2 Å². The van der Waals surface area contributed by atoms with Crippen LogP contribution in [-0.4, -0.2) is 24.0 Å². The highest BCUT2D eigenvalue weighted by molar-refractivity contribution is 8.00. The third-order valence-electron chi connectivity index (χ3n) is 2.47. The summed E-state index contributed by atoms with van der Waals surface area (Å²) in [6, 6.07) is 6.30. The van der Waals surface area contributed by atoms with Crippen LogP contribution in [0.1, 0.15) is 25.5 Å². The Morgan fingerprint density at radius 1 is 1.44 bits per heavy atom. The largest absolute Gasteiger partial charge is 0.395 e. The lowest BCUT2D eigenvalue weighted by Crippen LogP contribution is -2.12. The van der Waals surface area contributed by atoms with Crippen molar-refractivity contribution in [1.82, 2.24) is 5.32 Å². The number of benzene rings is 1. The average Bonchev–Trinajstić information content (AvgIpc) is 2.28. The molecule has 0 amide bonds. The maximum Gasteiger partial charge on any atom is 0.0550 e. The number of aliphatic hydroxyl groups is 1. The van der Waals surface area contributed by atoms with Crippen molar-refractivity contribution in [3.63, 3.8) is 0 Å². The molecule has 4 heteroatoms. The number of hydrogen-bond donors (Lipinski definition) is 2. The van der Waals surface area contributed by atoms with Crippen molar-refractivity contribution < 1.29 is 5.11 Å². The molecule has 0 aliphatic heterocycles. The van der Waals surface area contributed by atoms with E-state index in [1.807, 2.05) is 32.2 Å². The van der Waals surface area contributed by atoms with Crippen LogP contribution in [0.3, 0.4) is 0 Å². The molecule has 0 aliphatic rings. The van der Waals surface area contributed by atoms with Gasteiger partial charge in [0.2, 0.25) is 0 Å². The minimum Gasteiger partial charge on any atom is -0.395 e. The predicted octanol–water partition coefficient (Wildman–Crippen LogP) is 3.09. The molecule has 0 fully saturated rings. The monoisotopic (exact) mass is 259 g/mol. The van der Waals surface area contributed by atoms with Gasteiger partial charge in [-0.2, -0.15) is 0 Å². The molecular weight excluding hydrogens is 242 g/mol. The van der Waals surface area contributed by atoms with E-state index in [1.165, 1.54) is 0 Å². The van der Waals surface area contributed by atoms with Crippen molar-refractivity contribution in [2.24, 2.45) is 0 Å². The molecule has 0 saturated heterocycles. The quantitative estimate of drug-likeness (QED) is 0.797. The summed E-state index contributed by atoms with van der Waals surface area (Å²) < 4.78 is 0. The van der Waals surface area contributed by atoms with Gasteiger partial charge in [0.15, 0.2) is 0 Å².